The van der Waals surface area contributed by atoms with Gasteiger partial charge in [-0.1, -0.05) is 11.6 Å². The van der Waals surface area contributed by atoms with Crippen molar-refractivity contribution in [3.8, 4) is 0 Å². The Morgan fingerprint density at radius 1 is 0.857 bits per heavy atom. The van der Waals surface area contributed by atoms with E-state index in [2.05, 4.69) is 16.0 Å². The van der Waals surface area contributed by atoms with Crippen molar-refractivity contribution in [2.24, 2.45) is 0 Å². The summed E-state index contributed by atoms with van der Waals surface area (Å²) in [7, 11) is 0. The van der Waals surface area contributed by atoms with Gasteiger partial charge in [0.25, 0.3) is 0 Å². The molecular weight excluding hydrogens is 952 g/mol. The van der Waals surface area contributed by atoms with E-state index in [1.54, 1.807) is 18.5 Å². The topological polar surface area (TPSA) is 162 Å². The molecule has 0 bridgehead atoms. The Hall–Kier alpha value is -5.06. The van der Waals surface area contributed by atoms with Crippen molar-refractivity contribution < 1.29 is 43.2 Å². The van der Waals surface area contributed by atoms with Crippen LogP contribution in [0.5, 0.6) is 0 Å². The molecule has 0 unspecified atom stereocenters. The van der Waals surface area contributed by atoms with E-state index < -0.39 is 5.97 Å². The smallest absolute Gasteiger partial charge is 0.305 e. The fraction of sp³-hybridized carbons (Fsp3) is 0.524. The molecule has 1 rings (SSSR count). The normalized spacial score (nSPS) is 9.29. The van der Waals surface area contributed by atoms with E-state index in [1.807, 2.05) is 13.0 Å². The number of hydrogen-bond acceptors (Lipinski definition) is 8. The Morgan fingerprint density at radius 2 is 1.34 bits per heavy atom. The largest absolute Gasteiger partial charge is 0.503 e. The van der Waals surface area contributed by atoms with Gasteiger partial charge >= 0.3 is 5.97 Å². The van der Waals surface area contributed by atoms with E-state index in [-0.39, 0.29) is 13.0 Å². The van der Waals surface area contributed by atoms with E-state index in [0.717, 1.165) is 5.56 Å². The molecule has 0 heterocycles. The SMILES string of the molecule is Cc1ccc(N[C-]=O)c(N[C-]=O)c1.O=CNCCOCCOCCOCCOCCC(=O)O.[Fm].[Fm]. The average molecular weight is 983 g/mol. The number of carbonyl (C=O) groups excluding carboxylic acids is 3. The second kappa shape index (κ2) is 25.2. The summed E-state index contributed by atoms with van der Waals surface area (Å²) in [6.07, 6.45) is 3.71. The van der Waals surface area contributed by atoms with Crippen LogP contribution in [-0.2, 0) is 38.1 Å². The predicted octanol–water partition coefficient (Wildman–Crippen LogP) is 0.227. The number of carboxylic acid groups (broad SMARTS) is 1. The molecule has 1 aromatic carbocycles. The Kier molecular flexibility index (Phi) is 24.9. The van der Waals surface area contributed by atoms with Gasteiger partial charge in [-0.2, -0.15) is 11.4 Å². The van der Waals surface area contributed by atoms with Crippen LogP contribution in [0.25, 0.3) is 0 Å². The summed E-state index contributed by atoms with van der Waals surface area (Å²) in [5.41, 5.74) is 2.00. The van der Waals surface area contributed by atoms with Crippen LogP contribution in [0.3, 0.4) is 0 Å². The third-order valence-electron chi connectivity index (χ3n) is 3.60. The summed E-state index contributed by atoms with van der Waals surface area (Å²) in [6, 6.07) is 5.22. The van der Waals surface area contributed by atoms with Crippen LogP contribution in [0, 0.1) is 6.92 Å². The number of nitrogens with one attached hydrogen (secondary N) is 3. The number of ether oxygens (including phenoxy) is 4. The van der Waals surface area contributed by atoms with Gasteiger partial charge in [-0.15, -0.1) is 12.1 Å². The maximum atomic E-state index is 10.2. The zero-order valence-corrected chi connectivity index (χ0v) is 24.0. The minimum atomic E-state index is -0.872. The number of hydrogen-bond donors (Lipinski definition) is 4. The zero-order chi connectivity index (χ0) is 24.6. The van der Waals surface area contributed by atoms with Crippen LogP contribution in [0.15, 0.2) is 18.2 Å². The molecule has 0 aliphatic rings. The predicted molar refractivity (Wildman–Crippen MR) is 119 cm³/mol. The quantitative estimate of drug-likeness (QED) is 0.0621. The van der Waals surface area contributed by atoms with E-state index >= 15 is 0 Å². The molecule has 0 saturated carbocycles. The number of rotatable bonds is 20. The standard InChI is InChI=1S/C12H23NO7.C9H8N2O2.2Fm/c14-11-13-2-4-18-6-8-20-10-9-19-7-5-17-3-1-12(15)16;1-7-2-3-8(10-5-12)9(4-7)11-6-13;;/h11H,1-10H2,(H,13,14)(H,15,16);2-4H,1H3,(H,10,12)(H,11,13);;/q;-2;;. The summed E-state index contributed by atoms with van der Waals surface area (Å²) >= 11 is 0. The van der Waals surface area contributed by atoms with Crippen molar-refractivity contribution in [3.63, 3.8) is 0 Å². The minimum absolute atomic E-state index is 0. The number of amides is 3. The number of aliphatic carboxylic acids is 1. The fourth-order valence-electron chi connectivity index (χ4n) is 2.09. The van der Waals surface area contributed by atoms with Crippen LogP contribution in [0.4, 0.5) is 11.4 Å². The summed E-state index contributed by atoms with van der Waals surface area (Å²) in [5.74, 6) is -0.872. The molecule has 14 heteroatoms. The minimum Gasteiger partial charge on any atom is -0.503 e. The van der Waals surface area contributed by atoms with Gasteiger partial charge in [-0.3, -0.25) is 9.59 Å². The van der Waals surface area contributed by atoms with Crippen LogP contribution < -0.4 is 16.0 Å². The summed E-state index contributed by atoms with van der Waals surface area (Å²) in [5, 5.41) is 15.5. The first-order chi connectivity index (χ1) is 16.0. The molecule has 3 amide bonds. The molecule has 1 aromatic rings. The van der Waals surface area contributed by atoms with Crippen molar-refractivity contribution in [3.05, 3.63) is 23.8 Å². The first kappa shape index (κ1) is 34.6. The summed E-state index contributed by atoms with van der Waals surface area (Å²) < 4.78 is 20.7. The molecule has 35 heavy (non-hydrogen) atoms. The first-order valence-electron chi connectivity index (χ1n) is 10.1. The molecule has 0 aromatic heterocycles. The second-order valence-corrected chi connectivity index (χ2v) is 6.17. The molecule has 0 spiro atoms. The van der Waals surface area contributed by atoms with E-state index in [9.17, 15) is 19.2 Å². The molecule has 4 N–H and O–H groups in total. The van der Waals surface area contributed by atoms with Crippen molar-refractivity contribution in [1.82, 2.24) is 5.32 Å². The van der Waals surface area contributed by atoms with Crippen LogP contribution >= 0.6 is 0 Å². The van der Waals surface area contributed by atoms with Crippen LogP contribution in [0.1, 0.15) is 12.0 Å². The number of carboxylic acids is 1. The maximum absolute atomic E-state index is 10.2. The Bertz CT molecular complexity index is 685. The van der Waals surface area contributed by atoms with E-state index in [0.29, 0.717) is 70.6 Å². The molecule has 0 aliphatic heterocycles. The molecule has 0 fully saturated rings. The molecule has 0 atom stereocenters. The number of carbonyl (C=O) groups is 2. The van der Waals surface area contributed by atoms with Gasteiger partial charge in [0.2, 0.25) is 6.41 Å². The molecule has 12 nitrogen and oxygen atoms in total. The second-order valence-electron chi connectivity index (χ2n) is 6.17. The van der Waals surface area contributed by atoms with Gasteiger partial charge in [0.1, 0.15) is 0 Å². The number of aryl methyl sites for hydroxylation is 1. The molecule has 0 aliphatic carbocycles. The van der Waals surface area contributed by atoms with Gasteiger partial charge in [0.15, 0.2) is 0 Å². The third kappa shape index (κ3) is 21.9. The molecule has 0 saturated heterocycles. The van der Waals surface area contributed by atoms with Crippen molar-refractivity contribution >= 4 is 36.6 Å². The first-order valence-corrected chi connectivity index (χ1v) is 10.1. The monoisotopic (exact) mass is 983 g/mol. The fourth-order valence-corrected chi connectivity index (χ4v) is 2.09. The molecular formula is C21H31Fm2N3O9-2. The van der Waals surface area contributed by atoms with Crippen LogP contribution in [-0.4, -0.2) is 89.7 Å². The van der Waals surface area contributed by atoms with E-state index in [4.69, 9.17) is 24.1 Å². The number of anilines is 2. The van der Waals surface area contributed by atoms with Crippen molar-refractivity contribution in [2.45, 2.75) is 13.3 Å². The Balaban J connectivity index is -0.000000594. The van der Waals surface area contributed by atoms with Gasteiger partial charge in [-0.05, 0) is 6.92 Å². The Labute approximate surface area is 192 Å². The van der Waals surface area contributed by atoms with Crippen molar-refractivity contribution in [1.29, 1.82) is 0 Å². The molecule has 0 radical (unpaired) electrons. The van der Waals surface area contributed by atoms with Crippen molar-refractivity contribution in [2.75, 3.05) is 70.0 Å². The van der Waals surface area contributed by atoms with Gasteiger partial charge < -0.3 is 49.6 Å². The van der Waals surface area contributed by atoms with Gasteiger partial charge in [0, 0.05) is 6.54 Å². The maximum Gasteiger partial charge on any atom is 0.305 e. The third-order valence-corrected chi connectivity index (χ3v) is 3.60. The zero-order valence-electron chi connectivity index (χ0n) is 19.2. The van der Waals surface area contributed by atoms with Crippen LogP contribution in [0.2, 0.25) is 0 Å². The molecule has 210 valence electrons. The summed E-state index contributed by atoms with van der Waals surface area (Å²) in [6.45, 7) is 5.69. The number of benzene rings is 1. The van der Waals surface area contributed by atoms with Gasteiger partial charge in [0.05, 0.1) is 72.1 Å². The summed E-state index contributed by atoms with van der Waals surface area (Å²) in [4.78, 5) is 40.2. The van der Waals surface area contributed by atoms with Gasteiger partial charge in [-0.25, -0.2) is 0 Å². The Morgan fingerprint density at radius 3 is 1.83 bits per heavy atom. The van der Waals surface area contributed by atoms with E-state index in [1.165, 1.54) is 6.41 Å². The average Bonchev–Trinajstić information content (AvgIpc) is 2.79.